The van der Waals surface area contributed by atoms with E-state index in [9.17, 15) is 13.2 Å². The molecule has 2 N–H and O–H groups in total. The second-order valence-electron chi connectivity index (χ2n) is 6.50. The molecule has 1 saturated heterocycles. The first-order valence-electron chi connectivity index (χ1n) is 9.01. The molecule has 0 bridgehead atoms. The number of benzene rings is 1. The fourth-order valence-electron chi connectivity index (χ4n) is 3.02. The summed E-state index contributed by atoms with van der Waals surface area (Å²) in [4.78, 5) is 18.4. The third-order valence-corrected chi connectivity index (χ3v) is 6.03. The lowest BCUT2D eigenvalue weighted by atomic mass is 10.1. The molecule has 0 spiro atoms. The normalized spacial score (nSPS) is 14.8. The van der Waals surface area contributed by atoms with E-state index in [4.69, 9.17) is 0 Å². The van der Waals surface area contributed by atoms with Crippen molar-refractivity contribution < 1.29 is 13.2 Å². The van der Waals surface area contributed by atoms with Crippen molar-refractivity contribution in [1.29, 1.82) is 0 Å². The Labute approximate surface area is 159 Å². The van der Waals surface area contributed by atoms with Crippen molar-refractivity contribution in [3.63, 3.8) is 0 Å². The van der Waals surface area contributed by atoms with E-state index >= 15 is 0 Å². The molecule has 2 heterocycles. The SMILES string of the molecule is CNC(=O)c1ccc(S(=O)(=O)NCc2ccc(N3CCCCC3)nc2)cc1. The van der Waals surface area contributed by atoms with E-state index in [2.05, 4.69) is 19.9 Å². The maximum Gasteiger partial charge on any atom is 0.251 e. The first-order chi connectivity index (χ1) is 13.0. The van der Waals surface area contributed by atoms with Crippen LogP contribution in [0.4, 0.5) is 5.82 Å². The van der Waals surface area contributed by atoms with Crippen LogP contribution in [0.25, 0.3) is 0 Å². The molecule has 1 amide bonds. The number of carbonyl (C=O) groups excluding carboxylic acids is 1. The lowest BCUT2D eigenvalue weighted by molar-refractivity contribution is 0.0963. The van der Waals surface area contributed by atoms with Crippen LogP contribution in [0.2, 0.25) is 0 Å². The number of rotatable bonds is 6. The van der Waals surface area contributed by atoms with Crippen LogP contribution in [-0.4, -0.2) is 39.4 Å². The quantitative estimate of drug-likeness (QED) is 0.789. The van der Waals surface area contributed by atoms with Gasteiger partial charge in [-0.25, -0.2) is 18.1 Å². The van der Waals surface area contributed by atoms with E-state index in [1.165, 1.54) is 50.6 Å². The van der Waals surface area contributed by atoms with Crippen LogP contribution in [0.5, 0.6) is 0 Å². The minimum Gasteiger partial charge on any atom is -0.357 e. The Morgan fingerprint density at radius 3 is 2.37 bits per heavy atom. The summed E-state index contributed by atoms with van der Waals surface area (Å²) >= 11 is 0. The Morgan fingerprint density at radius 1 is 1.07 bits per heavy atom. The van der Waals surface area contributed by atoms with Crippen molar-refractivity contribution >= 4 is 21.7 Å². The molecule has 7 nitrogen and oxygen atoms in total. The largest absolute Gasteiger partial charge is 0.357 e. The highest BCUT2D eigenvalue weighted by Gasteiger charge is 2.15. The van der Waals surface area contributed by atoms with E-state index in [1.807, 2.05) is 12.1 Å². The molecule has 1 fully saturated rings. The van der Waals surface area contributed by atoms with Crippen LogP contribution in [0.3, 0.4) is 0 Å². The molecule has 1 aromatic carbocycles. The van der Waals surface area contributed by atoms with Crippen molar-refractivity contribution in [2.24, 2.45) is 0 Å². The summed E-state index contributed by atoms with van der Waals surface area (Å²) in [6.45, 7) is 2.20. The standard InChI is InChI=1S/C19H24N4O3S/c1-20-19(24)16-6-8-17(9-7-16)27(25,26)22-14-15-5-10-18(21-13-15)23-11-3-2-4-12-23/h5-10,13,22H,2-4,11-12,14H2,1H3,(H,20,24). The van der Waals surface area contributed by atoms with E-state index in [1.54, 1.807) is 6.20 Å². The molecule has 144 valence electrons. The summed E-state index contributed by atoms with van der Waals surface area (Å²) in [6, 6.07) is 9.65. The fraction of sp³-hybridized carbons (Fsp3) is 0.368. The van der Waals surface area contributed by atoms with Crippen molar-refractivity contribution in [3.05, 3.63) is 53.7 Å². The summed E-state index contributed by atoms with van der Waals surface area (Å²) < 4.78 is 27.4. The van der Waals surface area contributed by atoms with Crippen LogP contribution >= 0.6 is 0 Å². The summed E-state index contributed by atoms with van der Waals surface area (Å²) in [5.41, 5.74) is 1.20. The third-order valence-electron chi connectivity index (χ3n) is 4.61. The number of nitrogens with one attached hydrogen (secondary N) is 2. The van der Waals surface area contributed by atoms with Gasteiger partial charge in [-0.1, -0.05) is 6.07 Å². The second-order valence-corrected chi connectivity index (χ2v) is 8.27. The highest BCUT2D eigenvalue weighted by Crippen LogP contribution is 2.18. The van der Waals surface area contributed by atoms with Crippen molar-refractivity contribution in [1.82, 2.24) is 15.0 Å². The van der Waals surface area contributed by atoms with Crippen molar-refractivity contribution in [2.75, 3.05) is 25.0 Å². The lowest BCUT2D eigenvalue weighted by Crippen LogP contribution is -2.30. The van der Waals surface area contributed by atoms with E-state index in [-0.39, 0.29) is 17.3 Å². The molecule has 0 atom stereocenters. The molecule has 0 radical (unpaired) electrons. The van der Waals surface area contributed by atoms with E-state index < -0.39 is 10.0 Å². The lowest BCUT2D eigenvalue weighted by Gasteiger charge is -2.27. The smallest absolute Gasteiger partial charge is 0.251 e. The molecular formula is C19H24N4O3S. The molecule has 8 heteroatoms. The Bertz CT molecular complexity index is 874. The van der Waals surface area contributed by atoms with Gasteiger partial charge < -0.3 is 10.2 Å². The first-order valence-corrected chi connectivity index (χ1v) is 10.5. The Morgan fingerprint density at radius 2 is 1.78 bits per heavy atom. The zero-order chi connectivity index (χ0) is 19.3. The van der Waals surface area contributed by atoms with Crippen molar-refractivity contribution in [2.45, 2.75) is 30.7 Å². The second kappa shape index (κ2) is 8.49. The zero-order valence-corrected chi connectivity index (χ0v) is 16.1. The number of hydrogen-bond acceptors (Lipinski definition) is 5. The molecule has 27 heavy (non-hydrogen) atoms. The van der Waals surface area contributed by atoms with Crippen LogP contribution in [-0.2, 0) is 16.6 Å². The van der Waals surface area contributed by atoms with Gasteiger partial charge in [-0.3, -0.25) is 4.79 Å². The minimum atomic E-state index is -3.66. The van der Waals surface area contributed by atoms with Gasteiger partial charge in [-0.15, -0.1) is 0 Å². The highest BCUT2D eigenvalue weighted by atomic mass is 32.2. The predicted octanol–water partition coefficient (Wildman–Crippen LogP) is 1.91. The predicted molar refractivity (Wildman–Crippen MR) is 104 cm³/mol. The number of sulfonamides is 1. The molecular weight excluding hydrogens is 364 g/mol. The van der Waals surface area contributed by atoms with Crippen LogP contribution < -0.4 is 14.9 Å². The topological polar surface area (TPSA) is 91.4 Å². The van der Waals surface area contributed by atoms with Crippen LogP contribution in [0, 0.1) is 0 Å². The molecule has 2 aromatic rings. The molecule has 3 rings (SSSR count). The number of nitrogens with zero attached hydrogens (tertiary/aromatic N) is 2. The van der Waals surface area contributed by atoms with Gasteiger partial charge in [0.2, 0.25) is 10.0 Å². The first kappa shape index (κ1) is 19.3. The zero-order valence-electron chi connectivity index (χ0n) is 15.3. The number of piperidine rings is 1. The van der Waals surface area contributed by atoms with Crippen LogP contribution in [0.15, 0.2) is 47.5 Å². The van der Waals surface area contributed by atoms with Gasteiger partial charge >= 0.3 is 0 Å². The fourth-order valence-corrected chi connectivity index (χ4v) is 4.04. The Balaban J connectivity index is 1.62. The molecule has 1 aliphatic rings. The van der Waals surface area contributed by atoms with Gasteiger partial charge in [-0.2, -0.15) is 0 Å². The van der Waals surface area contributed by atoms with E-state index in [0.29, 0.717) is 5.56 Å². The highest BCUT2D eigenvalue weighted by molar-refractivity contribution is 7.89. The summed E-state index contributed by atoms with van der Waals surface area (Å²) in [6.07, 6.45) is 5.34. The van der Waals surface area contributed by atoms with Gasteiger partial charge in [0, 0.05) is 38.4 Å². The van der Waals surface area contributed by atoms with Gasteiger partial charge in [0.25, 0.3) is 5.91 Å². The van der Waals surface area contributed by atoms with Gasteiger partial charge in [0.1, 0.15) is 5.82 Å². The van der Waals surface area contributed by atoms with E-state index in [0.717, 1.165) is 24.5 Å². The monoisotopic (exact) mass is 388 g/mol. The summed E-state index contributed by atoms with van der Waals surface area (Å²) in [7, 11) is -2.13. The van der Waals surface area contributed by atoms with Crippen molar-refractivity contribution in [3.8, 4) is 0 Å². The number of aromatic nitrogens is 1. The number of pyridine rings is 1. The molecule has 0 aliphatic carbocycles. The number of hydrogen-bond donors (Lipinski definition) is 2. The Kier molecular flexibility index (Phi) is 6.08. The maximum atomic E-state index is 12.4. The number of anilines is 1. The molecule has 0 saturated carbocycles. The summed E-state index contributed by atoms with van der Waals surface area (Å²) in [5, 5.41) is 2.50. The third kappa shape index (κ3) is 4.84. The Hall–Kier alpha value is -2.45. The minimum absolute atomic E-state index is 0.119. The average molecular weight is 388 g/mol. The number of carbonyl (C=O) groups is 1. The van der Waals surface area contributed by atoms with Gasteiger partial charge in [-0.05, 0) is 55.2 Å². The molecule has 1 aromatic heterocycles. The van der Waals surface area contributed by atoms with Crippen LogP contribution in [0.1, 0.15) is 35.2 Å². The van der Waals surface area contributed by atoms with Gasteiger partial charge in [0.15, 0.2) is 0 Å². The molecule has 0 unspecified atom stereocenters. The maximum absolute atomic E-state index is 12.4. The number of amides is 1. The van der Waals surface area contributed by atoms with Gasteiger partial charge in [0.05, 0.1) is 4.90 Å². The average Bonchev–Trinajstić information content (AvgIpc) is 2.73. The molecule has 1 aliphatic heterocycles. The summed E-state index contributed by atoms with van der Waals surface area (Å²) in [5.74, 6) is 0.679.